The Morgan fingerprint density at radius 3 is 2.67 bits per heavy atom. The zero-order valence-corrected chi connectivity index (χ0v) is 12.6. The number of nitrogens with zero attached hydrogens (tertiary/aromatic N) is 3. The maximum atomic E-state index is 9.11. The minimum atomic E-state index is 0.215. The predicted molar refractivity (Wildman–Crippen MR) is 83.2 cm³/mol. The van der Waals surface area contributed by atoms with Crippen LogP contribution in [0, 0.1) is 11.3 Å². The van der Waals surface area contributed by atoms with Gasteiger partial charge in [0.15, 0.2) is 0 Å². The fourth-order valence-corrected chi connectivity index (χ4v) is 3.85. The summed E-state index contributed by atoms with van der Waals surface area (Å²) < 4.78 is 2.49. The SMILES string of the molecule is CC1(c2nc3cc(C#N)ccc3n2C2CC2)CCCCC1. The van der Waals surface area contributed by atoms with Crippen LogP contribution in [-0.4, -0.2) is 9.55 Å². The third-order valence-corrected chi connectivity index (χ3v) is 5.23. The average molecular weight is 279 g/mol. The van der Waals surface area contributed by atoms with Gasteiger partial charge in [-0.05, 0) is 43.9 Å². The summed E-state index contributed by atoms with van der Waals surface area (Å²) in [5.74, 6) is 1.27. The van der Waals surface area contributed by atoms with E-state index in [4.69, 9.17) is 10.2 Å². The lowest BCUT2D eigenvalue weighted by molar-refractivity contribution is 0.295. The van der Waals surface area contributed by atoms with Gasteiger partial charge >= 0.3 is 0 Å². The number of aromatic nitrogens is 2. The number of rotatable bonds is 2. The number of fused-ring (bicyclic) bond motifs is 1. The van der Waals surface area contributed by atoms with Gasteiger partial charge in [-0.2, -0.15) is 5.26 Å². The number of hydrogen-bond acceptors (Lipinski definition) is 2. The van der Waals surface area contributed by atoms with E-state index in [9.17, 15) is 0 Å². The maximum Gasteiger partial charge on any atom is 0.116 e. The summed E-state index contributed by atoms with van der Waals surface area (Å²) in [6, 6.07) is 8.84. The first kappa shape index (κ1) is 12.9. The van der Waals surface area contributed by atoms with Gasteiger partial charge < -0.3 is 4.57 Å². The third kappa shape index (κ3) is 2.05. The molecule has 0 N–H and O–H groups in total. The molecule has 21 heavy (non-hydrogen) atoms. The maximum absolute atomic E-state index is 9.11. The number of nitriles is 1. The van der Waals surface area contributed by atoms with Crippen molar-refractivity contribution in [2.75, 3.05) is 0 Å². The number of imidazole rings is 1. The van der Waals surface area contributed by atoms with E-state index in [0.29, 0.717) is 11.6 Å². The van der Waals surface area contributed by atoms with Gasteiger partial charge in [-0.1, -0.05) is 26.2 Å². The molecular weight excluding hydrogens is 258 g/mol. The van der Waals surface area contributed by atoms with Crippen LogP contribution in [0.2, 0.25) is 0 Å². The topological polar surface area (TPSA) is 41.6 Å². The Labute approximate surface area is 125 Å². The zero-order chi connectivity index (χ0) is 14.4. The van der Waals surface area contributed by atoms with E-state index >= 15 is 0 Å². The van der Waals surface area contributed by atoms with Gasteiger partial charge in [-0.25, -0.2) is 4.98 Å². The molecule has 2 aliphatic rings. The summed E-state index contributed by atoms with van der Waals surface area (Å²) in [5.41, 5.74) is 3.15. The second kappa shape index (κ2) is 4.59. The summed E-state index contributed by atoms with van der Waals surface area (Å²) in [4.78, 5) is 4.99. The standard InChI is InChI=1S/C18H21N3/c1-18(9-3-2-4-10-18)17-20-15-11-13(12-19)5-8-16(15)21(17)14-6-7-14/h5,8,11,14H,2-4,6-7,9-10H2,1H3. The van der Waals surface area contributed by atoms with Crippen molar-refractivity contribution in [1.82, 2.24) is 9.55 Å². The predicted octanol–water partition coefficient (Wildman–Crippen LogP) is 4.46. The molecule has 0 bridgehead atoms. The molecule has 2 saturated carbocycles. The molecule has 108 valence electrons. The Balaban J connectivity index is 1.91. The van der Waals surface area contributed by atoms with Crippen molar-refractivity contribution in [1.29, 1.82) is 5.26 Å². The fraction of sp³-hybridized carbons (Fsp3) is 0.556. The molecule has 2 aromatic rings. The second-order valence-corrected chi connectivity index (χ2v) is 6.97. The molecule has 3 nitrogen and oxygen atoms in total. The molecule has 1 heterocycles. The Bertz CT molecular complexity index is 725. The molecule has 0 amide bonds. The van der Waals surface area contributed by atoms with Crippen molar-refractivity contribution < 1.29 is 0 Å². The van der Waals surface area contributed by atoms with Crippen molar-refractivity contribution in [3.8, 4) is 6.07 Å². The summed E-state index contributed by atoms with van der Waals surface area (Å²) >= 11 is 0. The molecule has 4 rings (SSSR count). The van der Waals surface area contributed by atoms with E-state index in [2.05, 4.69) is 23.6 Å². The van der Waals surface area contributed by atoms with E-state index in [1.165, 1.54) is 56.3 Å². The Hall–Kier alpha value is -1.82. The van der Waals surface area contributed by atoms with Crippen LogP contribution in [-0.2, 0) is 5.41 Å². The molecule has 2 aliphatic carbocycles. The van der Waals surface area contributed by atoms with Crippen molar-refractivity contribution in [2.45, 2.75) is 63.3 Å². The molecule has 0 unspecified atom stereocenters. The normalized spacial score (nSPS) is 21.3. The quantitative estimate of drug-likeness (QED) is 0.814. The second-order valence-electron chi connectivity index (χ2n) is 6.97. The number of benzene rings is 1. The molecular formula is C18H21N3. The summed E-state index contributed by atoms with van der Waals surface area (Å²) in [6.45, 7) is 2.39. The zero-order valence-electron chi connectivity index (χ0n) is 12.6. The van der Waals surface area contributed by atoms with Gasteiger partial charge in [-0.3, -0.25) is 0 Å². The van der Waals surface area contributed by atoms with Crippen molar-refractivity contribution in [3.05, 3.63) is 29.6 Å². The summed E-state index contributed by atoms with van der Waals surface area (Å²) in [7, 11) is 0. The van der Waals surface area contributed by atoms with Crippen LogP contribution in [0.25, 0.3) is 11.0 Å². The lowest BCUT2D eigenvalue weighted by Crippen LogP contribution is -2.29. The Kier molecular flexibility index (Phi) is 2.82. The molecule has 1 aromatic heterocycles. The monoisotopic (exact) mass is 279 g/mol. The van der Waals surface area contributed by atoms with E-state index in [0.717, 1.165) is 5.52 Å². The molecule has 3 heteroatoms. The first-order valence-electron chi connectivity index (χ1n) is 8.14. The molecule has 0 radical (unpaired) electrons. The average Bonchev–Trinajstić information content (AvgIpc) is 3.27. The molecule has 0 spiro atoms. The minimum Gasteiger partial charge on any atom is -0.324 e. The van der Waals surface area contributed by atoms with Crippen LogP contribution in [0.1, 0.15) is 69.3 Å². The summed E-state index contributed by atoms with van der Waals surface area (Å²) in [5, 5.41) is 9.11. The Morgan fingerprint density at radius 2 is 2.00 bits per heavy atom. The van der Waals surface area contributed by atoms with Crippen molar-refractivity contribution in [3.63, 3.8) is 0 Å². The van der Waals surface area contributed by atoms with Gasteiger partial charge in [0, 0.05) is 11.5 Å². The molecule has 0 atom stereocenters. The molecule has 2 fully saturated rings. The largest absolute Gasteiger partial charge is 0.324 e. The lowest BCUT2D eigenvalue weighted by Gasteiger charge is -2.33. The Morgan fingerprint density at radius 1 is 1.24 bits per heavy atom. The van der Waals surface area contributed by atoms with Gasteiger partial charge in [0.05, 0.1) is 22.7 Å². The summed E-state index contributed by atoms with van der Waals surface area (Å²) in [6.07, 6.45) is 9.02. The van der Waals surface area contributed by atoms with Crippen molar-refractivity contribution >= 4 is 11.0 Å². The van der Waals surface area contributed by atoms with Crippen LogP contribution in [0.5, 0.6) is 0 Å². The van der Waals surface area contributed by atoms with Gasteiger partial charge in [0.1, 0.15) is 5.82 Å². The highest BCUT2D eigenvalue weighted by Crippen LogP contribution is 2.45. The van der Waals surface area contributed by atoms with E-state index in [1.807, 2.05) is 12.1 Å². The van der Waals surface area contributed by atoms with Crippen LogP contribution < -0.4 is 0 Å². The smallest absolute Gasteiger partial charge is 0.116 e. The third-order valence-electron chi connectivity index (χ3n) is 5.23. The highest BCUT2D eigenvalue weighted by Gasteiger charge is 2.38. The minimum absolute atomic E-state index is 0.215. The highest BCUT2D eigenvalue weighted by molar-refractivity contribution is 5.78. The van der Waals surface area contributed by atoms with Crippen LogP contribution in [0.15, 0.2) is 18.2 Å². The first-order chi connectivity index (χ1) is 10.2. The van der Waals surface area contributed by atoms with Crippen molar-refractivity contribution in [2.24, 2.45) is 0 Å². The van der Waals surface area contributed by atoms with Gasteiger partial charge in [0.25, 0.3) is 0 Å². The van der Waals surface area contributed by atoms with E-state index < -0.39 is 0 Å². The molecule has 0 aliphatic heterocycles. The van der Waals surface area contributed by atoms with Crippen LogP contribution in [0.4, 0.5) is 0 Å². The first-order valence-corrected chi connectivity index (χ1v) is 8.14. The van der Waals surface area contributed by atoms with Crippen LogP contribution >= 0.6 is 0 Å². The van der Waals surface area contributed by atoms with Crippen LogP contribution in [0.3, 0.4) is 0 Å². The molecule has 1 aromatic carbocycles. The van der Waals surface area contributed by atoms with E-state index in [-0.39, 0.29) is 5.41 Å². The highest BCUT2D eigenvalue weighted by atomic mass is 15.1. The lowest BCUT2D eigenvalue weighted by atomic mass is 9.75. The van der Waals surface area contributed by atoms with E-state index in [1.54, 1.807) is 0 Å². The molecule has 0 saturated heterocycles. The van der Waals surface area contributed by atoms with Gasteiger partial charge in [0.2, 0.25) is 0 Å². The van der Waals surface area contributed by atoms with Gasteiger partial charge in [-0.15, -0.1) is 0 Å². The fourth-order valence-electron chi connectivity index (χ4n) is 3.85. The number of hydrogen-bond donors (Lipinski definition) is 0.